The smallest absolute Gasteiger partial charge is 0.232 e. The maximum Gasteiger partial charge on any atom is 0.232 e. The van der Waals surface area contributed by atoms with Crippen LogP contribution >= 0.6 is 11.6 Å². The molecule has 0 atom stereocenters. The predicted octanol–water partition coefficient (Wildman–Crippen LogP) is 4.63. The van der Waals surface area contributed by atoms with E-state index < -0.39 is 10.0 Å². The molecule has 0 aliphatic carbocycles. The van der Waals surface area contributed by atoms with Crippen LogP contribution in [0.5, 0.6) is 5.75 Å². The minimum absolute atomic E-state index is 0.133. The lowest BCUT2D eigenvalue weighted by Crippen LogP contribution is -2.16. The van der Waals surface area contributed by atoms with Gasteiger partial charge in [-0.3, -0.25) is 4.72 Å². The molecule has 130 valence electrons. The number of rotatable bonds is 8. The first-order chi connectivity index (χ1) is 11.4. The Morgan fingerprint density at radius 2 is 1.67 bits per heavy atom. The lowest BCUT2D eigenvalue weighted by Gasteiger charge is -2.11. The first kappa shape index (κ1) is 18.4. The lowest BCUT2D eigenvalue weighted by atomic mass is 10.2. The molecule has 2 aromatic rings. The third kappa shape index (κ3) is 5.32. The van der Waals surface area contributed by atoms with Gasteiger partial charge in [0.25, 0.3) is 0 Å². The van der Waals surface area contributed by atoms with Crippen LogP contribution in [0.3, 0.4) is 0 Å². The van der Waals surface area contributed by atoms with E-state index in [0.717, 1.165) is 17.8 Å². The molecule has 5 nitrogen and oxygen atoms in total. The molecule has 2 rings (SSSR count). The molecular formula is C17H21ClN2O3S. The van der Waals surface area contributed by atoms with Crippen LogP contribution in [0.15, 0.2) is 42.5 Å². The molecule has 2 aromatic carbocycles. The van der Waals surface area contributed by atoms with E-state index in [4.69, 9.17) is 16.3 Å². The maximum absolute atomic E-state index is 11.9. The Bertz CT molecular complexity index is 777. The number of halogens is 1. The summed E-state index contributed by atoms with van der Waals surface area (Å²) in [7, 11) is -1.72. The van der Waals surface area contributed by atoms with Crippen LogP contribution in [0.25, 0.3) is 0 Å². The molecule has 0 saturated heterocycles. The van der Waals surface area contributed by atoms with Crippen molar-refractivity contribution in [2.24, 2.45) is 0 Å². The summed E-state index contributed by atoms with van der Waals surface area (Å²) in [5, 5.41) is 3.72. The molecule has 0 unspecified atom stereocenters. The highest BCUT2D eigenvalue weighted by atomic mass is 35.5. The van der Waals surface area contributed by atoms with E-state index in [-0.39, 0.29) is 5.75 Å². The first-order valence-electron chi connectivity index (χ1n) is 7.64. The molecule has 0 aliphatic heterocycles. The highest BCUT2D eigenvalue weighted by molar-refractivity contribution is 7.92. The maximum atomic E-state index is 11.9. The van der Waals surface area contributed by atoms with Gasteiger partial charge in [-0.15, -0.1) is 0 Å². The molecule has 2 N–H and O–H groups in total. The lowest BCUT2D eigenvalue weighted by molar-refractivity contribution is 0.415. The Labute approximate surface area is 148 Å². The van der Waals surface area contributed by atoms with Crippen molar-refractivity contribution in [2.45, 2.75) is 19.8 Å². The fourth-order valence-corrected chi connectivity index (χ4v) is 3.62. The van der Waals surface area contributed by atoms with Gasteiger partial charge in [-0.25, -0.2) is 8.42 Å². The second-order valence-corrected chi connectivity index (χ2v) is 7.58. The van der Waals surface area contributed by atoms with Crippen molar-refractivity contribution in [1.82, 2.24) is 0 Å². The second-order valence-electron chi connectivity index (χ2n) is 5.33. The van der Waals surface area contributed by atoms with Gasteiger partial charge in [-0.05, 0) is 48.9 Å². The van der Waals surface area contributed by atoms with Crippen molar-refractivity contribution < 1.29 is 13.2 Å². The number of nitrogens with one attached hydrogen (secondary N) is 2. The molecule has 0 aliphatic rings. The molecule has 0 saturated carbocycles. The fourth-order valence-electron chi connectivity index (χ4n) is 2.10. The molecule has 0 amide bonds. The highest BCUT2D eigenvalue weighted by Gasteiger charge is 2.09. The number of hydrogen-bond acceptors (Lipinski definition) is 4. The van der Waals surface area contributed by atoms with Gasteiger partial charge in [0.15, 0.2) is 0 Å². The van der Waals surface area contributed by atoms with Crippen molar-refractivity contribution in [1.29, 1.82) is 0 Å². The standard InChI is InChI=1S/C17H21ClN2O3S/c1-3-4-11-24(21,22)20-14-7-5-13(6-8-14)19-15-9-10-17(23-2)16(18)12-15/h5-10,12,19-20H,3-4,11H2,1-2H3. The monoisotopic (exact) mass is 368 g/mol. The van der Waals surface area contributed by atoms with Crippen LogP contribution in [0.4, 0.5) is 17.1 Å². The van der Waals surface area contributed by atoms with Crippen LogP contribution in [0, 0.1) is 0 Å². The topological polar surface area (TPSA) is 67.4 Å². The Hall–Kier alpha value is -1.92. The van der Waals surface area contributed by atoms with E-state index in [2.05, 4.69) is 10.0 Å². The van der Waals surface area contributed by atoms with Gasteiger partial charge in [0.2, 0.25) is 10.0 Å². The first-order valence-corrected chi connectivity index (χ1v) is 9.67. The van der Waals surface area contributed by atoms with Crippen LogP contribution in [-0.2, 0) is 10.0 Å². The number of sulfonamides is 1. The van der Waals surface area contributed by atoms with E-state index in [0.29, 0.717) is 22.9 Å². The Kier molecular flexibility index (Phi) is 6.34. The Morgan fingerprint density at radius 3 is 2.25 bits per heavy atom. The summed E-state index contributed by atoms with van der Waals surface area (Å²) in [6.45, 7) is 1.96. The van der Waals surface area contributed by atoms with Gasteiger partial charge in [0.05, 0.1) is 17.9 Å². The van der Waals surface area contributed by atoms with Crippen LogP contribution in [-0.4, -0.2) is 21.3 Å². The zero-order valence-corrected chi connectivity index (χ0v) is 15.2. The third-order valence-electron chi connectivity index (χ3n) is 3.37. The molecule has 0 aromatic heterocycles. The fraction of sp³-hybridized carbons (Fsp3) is 0.294. The van der Waals surface area contributed by atoms with Gasteiger partial charge in [0.1, 0.15) is 5.75 Å². The minimum Gasteiger partial charge on any atom is -0.495 e. The van der Waals surface area contributed by atoms with E-state index in [1.54, 1.807) is 43.5 Å². The van der Waals surface area contributed by atoms with Crippen molar-refractivity contribution >= 4 is 38.7 Å². The second kappa shape index (κ2) is 8.26. The average molecular weight is 369 g/mol. The number of unbranched alkanes of at least 4 members (excludes halogenated alkanes) is 1. The molecule has 0 spiro atoms. The zero-order valence-electron chi connectivity index (χ0n) is 13.7. The van der Waals surface area contributed by atoms with E-state index in [9.17, 15) is 8.42 Å². The number of anilines is 3. The molecule has 7 heteroatoms. The average Bonchev–Trinajstić information content (AvgIpc) is 2.55. The van der Waals surface area contributed by atoms with Gasteiger partial charge < -0.3 is 10.1 Å². The van der Waals surface area contributed by atoms with Crippen LogP contribution < -0.4 is 14.8 Å². The normalized spacial score (nSPS) is 11.1. The zero-order chi connectivity index (χ0) is 17.6. The predicted molar refractivity (Wildman–Crippen MR) is 100 cm³/mol. The van der Waals surface area contributed by atoms with Crippen molar-refractivity contribution in [3.63, 3.8) is 0 Å². The molecule has 24 heavy (non-hydrogen) atoms. The molecular weight excluding hydrogens is 348 g/mol. The van der Waals surface area contributed by atoms with E-state index >= 15 is 0 Å². The third-order valence-corrected chi connectivity index (χ3v) is 5.03. The summed E-state index contributed by atoms with van der Waals surface area (Å²) in [5.74, 6) is 0.743. The van der Waals surface area contributed by atoms with Gasteiger partial charge in [-0.2, -0.15) is 0 Å². The molecule has 0 radical (unpaired) electrons. The van der Waals surface area contributed by atoms with Gasteiger partial charge in [-0.1, -0.05) is 24.9 Å². The Morgan fingerprint density at radius 1 is 1.04 bits per heavy atom. The summed E-state index contributed by atoms with van der Waals surface area (Å²) in [6, 6.07) is 12.4. The molecule has 0 heterocycles. The summed E-state index contributed by atoms with van der Waals surface area (Å²) >= 11 is 6.09. The SMILES string of the molecule is CCCCS(=O)(=O)Nc1ccc(Nc2ccc(OC)c(Cl)c2)cc1. The summed E-state index contributed by atoms with van der Waals surface area (Å²) in [4.78, 5) is 0. The van der Waals surface area contributed by atoms with Crippen molar-refractivity contribution in [2.75, 3.05) is 22.9 Å². The summed E-state index contributed by atoms with van der Waals surface area (Å²) in [6.07, 6.45) is 1.49. The molecule has 0 bridgehead atoms. The number of methoxy groups -OCH3 is 1. The quantitative estimate of drug-likeness (QED) is 0.712. The summed E-state index contributed by atoms with van der Waals surface area (Å²) in [5.41, 5.74) is 2.19. The van der Waals surface area contributed by atoms with Crippen LogP contribution in [0.1, 0.15) is 19.8 Å². The highest BCUT2D eigenvalue weighted by Crippen LogP contribution is 2.29. The largest absolute Gasteiger partial charge is 0.495 e. The minimum atomic E-state index is -3.28. The van der Waals surface area contributed by atoms with Crippen LogP contribution in [0.2, 0.25) is 5.02 Å². The van der Waals surface area contributed by atoms with Gasteiger partial charge >= 0.3 is 0 Å². The number of hydrogen-bond donors (Lipinski definition) is 2. The van der Waals surface area contributed by atoms with Gasteiger partial charge in [0, 0.05) is 17.1 Å². The van der Waals surface area contributed by atoms with Crippen molar-refractivity contribution in [3.05, 3.63) is 47.5 Å². The summed E-state index contributed by atoms with van der Waals surface area (Å²) < 4.78 is 31.4. The van der Waals surface area contributed by atoms with E-state index in [1.165, 1.54) is 0 Å². The molecule has 0 fully saturated rings. The number of benzene rings is 2. The Balaban J connectivity index is 2.03. The number of ether oxygens (including phenoxy) is 1. The van der Waals surface area contributed by atoms with Crippen molar-refractivity contribution in [3.8, 4) is 5.75 Å². The van der Waals surface area contributed by atoms with E-state index in [1.807, 2.05) is 13.0 Å².